The van der Waals surface area contributed by atoms with E-state index in [1.165, 1.54) is 12.3 Å². The summed E-state index contributed by atoms with van der Waals surface area (Å²) in [5, 5.41) is 1.26. The molecule has 1 fully saturated rings. The molecule has 0 amide bonds. The predicted molar refractivity (Wildman–Crippen MR) is 117 cm³/mol. The Bertz CT molecular complexity index is 1300. The number of pyridine rings is 1. The van der Waals surface area contributed by atoms with E-state index in [0.717, 1.165) is 24.2 Å². The van der Waals surface area contributed by atoms with Gasteiger partial charge < -0.3 is 14.6 Å². The maximum atomic E-state index is 14.6. The number of H-pyrrole nitrogens is 1. The van der Waals surface area contributed by atoms with Crippen LogP contribution in [0.4, 0.5) is 10.1 Å². The number of aromatic amines is 1. The molecule has 2 aromatic carbocycles. The van der Waals surface area contributed by atoms with Gasteiger partial charge in [0.1, 0.15) is 11.5 Å². The number of hydrogen-bond donors (Lipinski definition) is 1. The minimum atomic E-state index is -0.698. The van der Waals surface area contributed by atoms with E-state index in [0.29, 0.717) is 45.8 Å². The summed E-state index contributed by atoms with van der Waals surface area (Å²) >= 11 is 12.6. The Morgan fingerprint density at radius 3 is 2.60 bits per heavy atom. The van der Waals surface area contributed by atoms with Crippen LogP contribution in [0.25, 0.3) is 32.9 Å². The Balaban J connectivity index is 1.82. The van der Waals surface area contributed by atoms with Crippen molar-refractivity contribution in [2.75, 3.05) is 31.2 Å². The van der Waals surface area contributed by atoms with E-state index in [9.17, 15) is 9.18 Å². The van der Waals surface area contributed by atoms with Crippen molar-refractivity contribution in [1.29, 1.82) is 0 Å². The molecule has 5 nitrogen and oxygen atoms in total. The number of benzene rings is 2. The van der Waals surface area contributed by atoms with E-state index in [2.05, 4.69) is 14.9 Å². The lowest BCUT2D eigenvalue weighted by atomic mass is 10.00. The zero-order chi connectivity index (χ0) is 20.8. The van der Waals surface area contributed by atoms with Crippen molar-refractivity contribution in [2.24, 2.45) is 0 Å². The normalized spacial score (nSPS) is 14.6. The van der Waals surface area contributed by atoms with Gasteiger partial charge >= 0.3 is 0 Å². The third kappa shape index (κ3) is 3.03. The third-order valence-corrected chi connectivity index (χ3v) is 5.98. The Labute approximate surface area is 181 Å². The fourth-order valence-electron chi connectivity index (χ4n) is 4.01. The maximum absolute atomic E-state index is 14.6. The Kier molecular flexibility index (Phi) is 4.85. The lowest BCUT2D eigenvalue weighted by Gasteiger charge is -2.29. The standard InChI is InChI=1S/C22H16Cl2FN3O2/c23-18-16(28-7-9-30-10-8-28)6-5-13-17-14(12-3-1-2-4-15(12)25)11-26-21(22(24)29)20(17)27-19(13)18/h1-6,11,27H,7-10H2. The Hall–Kier alpha value is -2.67. The summed E-state index contributed by atoms with van der Waals surface area (Å²) in [6.45, 7) is 2.73. The average molecular weight is 444 g/mol. The molecule has 2 aromatic heterocycles. The molecule has 0 bridgehead atoms. The molecule has 0 spiro atoms. The Morgan fingerprint density at radius 1 is 1.10 bits per heavy atom. The SMILES string of the molecule is O=C(Cl)c1ncc(-c2ccccc2F)c2c1[nH]c1c(Cl)c(N3CCOCC3)ccc12. The first-order chi connectivity index (χ1) is 14.6. The van der Waals surface area contributed by atoms with E-state index in [4.69, 9.17) is 27.9 Å². The highest BCUT2D eigenvalue weighted by molar-refractivity contribution is 6.68. The third-order valence-electron chi connectivity index (χ3n) is 5.42. The minimum Gasteiger partial charge on any atom is -0.378 e. The number of rotatable bonds is 3. The van der Waals surface area contributed by atoms with Gasteiger partial charge in [-0.1, -0.05) is 35.9 Å². The molecule has 5 rings (SSSR count). The molecule has 0 atom stereocenters. The molecule has 152 valence electrons. The lowest BCUT2D eigenvalue weighted by molar-refractivity contribution is 0.107. The summed E-state index contributed by atoms with van der Waals surface area (Å²) in [4.78, 5) is 21.6. The van der Waals surface area contributed by atoms with Gasteiger partial charge in [0.2, 0.25) is 0 Å². The number of anilines is 1. The number of carbonyl (C=O) groups is 1. The topological polar surface area (TPSA) is 58.2 Å². The molecule has 0 unspecified atom stereocenters. The second-order valence-corrected chi connectivity index (χ2v) is 7.79. The fraction of sp³-hybridized carbons (Fsp3) is 0.182. The molecule has 4 aromatic rings. The van der Waals surface area contributed by atoms with Gasteiger partial charge in [-0.25, -0.2) is 9.37 Å². The van der Waals surface area contributed by atoms with E-state index in [1.807, 2.05) is 12.1 Å². The summed E-state index contributed by atoms with van der Waals surface area (Å²) in [7, 11) is 0. The quantitative estimate of drug-likeness (QED) is 0.431. The lowest BCUT2D eigenvalue weighted by Crippen LogP contribution is -2.36. The van der Waals surface area contributed by atoms with E-state index < -0.39 is 5.24 Å². The van der Waals surface area contributed by atoms with Crippen molar-refractivity contribution in [3.8, 4) is 11.1 Å². The van der Waals surface area contributed by atoms with Crippen molar-refractivity contribution in [3.05, 3.63) is 59.1 Å². The zero-order valence-corrected chi connectivity index (χ0v) is 17.2. The van der Waals surface area contributed by atoms with Crippen LogP contribution >= 0.6 is 23.2 Å². The van der Waals surface area contributed by atoms with Crippen LogP contribution in [-0.4, -0.2) is 41.5 Å². The molecule has 0 radical (unpaired) electrons. The van der Waals surface area contributed by atoms with Gasteiger partial charge in [-0.2, -0.15) is 0 Å². The largest absolute Gasteiger partial charge is 0.378 e. The molecular formula is C22H16Cl2FN3O2. The van der Waals surface area contributed by atoms with Crippen LogP contribution in [0.5, 0.6) is 0 Å². The highest BCUT2D eigenvalue weighted by atomic mass is 35.5. The van der Waals surface area contributed by atoms with E-state index in [-0.39, 0.29) is 11.5 Å². The van der Waals surface area contributed by atoms with Crippen LogP contribution in [0, 0.1) is 5.82 Å². The first-order valence-electron chi connectivity index (χ1n) is 9.46. The van der Waals surface area contributed by atoms with Crippen molar-refractivity contribution in [2.45, 2.75) is 0 Å². The van der Waals surface area contributed by atoms with E-state index in [1.54, 1.807) is 18.2 Å². The number of nitrogens with one attached hydrogen (secondary N) is 1. The predicted octanol–water partition coefficient (Wildman–Crippen LogP) is 5.39. The van der Waals surface area contributed by atoms with E-state index >= 15 is 0 Å². The maximum Gasteiger partial charge on any atom is 0.272 e. The van der Waals surface area contributed by atoms with Crippen molar-refractivity contribution in [1.82, 2.24) is 9.97 Å². The number of fused-ring (bicyclic) bond motifs is 3. The molecule has 1 saturated heterocycles. The number of morpholine rings is 1. The van der Waals surface area contributed by atoms with Crippen LogP contribution in [0.3, 0.4) is 0 Å². The second-order valence-electron chi connectivity index (χ2n) is 7.07. The summed E-state index contributed by atoms with van der Waals surface area (Å²) in [6.07, 6.45) is 1.48. The van der Waals surface area contributed by atoms with Gasteiger partial charge in [-0.15, -0.1) is 0 Å². The highest BCUT2D eigenvalue weighted by Gasteiger charge is 2.23. The molecule has 3 heterocycles. The molecule has 8 heteroatoms. The summed E-state index contributed by atoms with van der Waals surface area (Å²) in [5.41, 5.74) is 2.99. The van der Waals surface area contributed by atoms with Crippen LogP contribution in [0.15, 0.2) is 42.6 Å². The first kappa shape index (κ1) is 19.3. The van der Waals surface area contributed by atoms with Gasteiger partial charge in [0.15, 0.2) is 0 Å². The summed E-state index contributed by atoms with van der Waals surface area (Å²) in [5.74, 6) is -0.379. The number of aromatic nitrogens is 2. The van der Waals surface area contributed by atoms with Gasteiger partial charge in [-0.05, 0) is 23.7 Å². The van der Waals surface area contributed by atoms with Gasteiger partial charge in [0.25, 0.3) is 5.24 Å². The van der Waals surface area contributed by atoms with Gasteiger partial charge in [0, 0.05) is 41.2 Å². The van der Waals surface area contributed by atoms with Crippen molar-refractivity contribution >= 4 is 55.9 Å². The fourth-order valence-corrected chi connectivity index (χ4v) is 4.49. The molecule has 1 aliphatic rings. The second kappa shape index (κ2) is 7.54. The molecular weight excluding hydrogens is 428 g/mol. The molecule has 1 aliphatic heterocycles. The van der Waals surface area contributed by atoms with Crippen LogP contribution in [0.1, 0.15) is 10.5 Å². The van der Waals surface area contributed by atoms with Crippen LogP contribution < -0.4 is 4.90 Å². The number of nitrogens with zero attached hydrogens (tertiary/aromatic N) is 2. The monoisotopic (exact) mass is 443 g/mol. The number of carbonyl (C=O) groups excluding carboxylic acids is 1. The Morgan fingerprint density at radius 2 is 1.87 bits per heavy atom. The number of ether oxygens (including phenoxy) is 1. The number of hydrogen-bond acceptors (Lipinski definition) is 4. The highest BCUT2D eigenvalue weighted by Crippen LogP contribution is 2.41. The zero-order valence-electron chi connectivity index (χ0n) is 15.7. The average Bonchev–Trinajstić information content (AvgIpc) is 3.15. The summed E-state index contributed by atoms with van der Waals surface area (Å²) in [6, 6.07) is 10.3. The van der Waals surface area contributed by atoms with Crippen molar-refractivity contribution in [3.63, 3.8) is 0 Å². The van der Waals surface area contributed by atoms with Crippen LogP contribution in [-0.2, 0) is 4.74 Å². The number of halogens is 3. The first-order valence-corrected chi connectivity index (χ1v) is 10.2. The molecule has 0 aliphatic carbocycles. The molecule has 30 heavy (non-hydrogen) atoms. The van der Waals surface area contributed by atoms with Crippen molar-refractivity contribution < 1.29 is 13.9 Å². The van der Waals surface area contributed by atoms with Gasteiger partial charge in [-0.3, -0.25) is 4.79 Å². The molecule has 0 saturated carbocycles. The van der Waals surface area contributed by atoms with Gasteiger partial charge in [0.05, 0.1) is 35.0 Å². The molecule has 1 N–H and O–H groups in total. The smallest absolute Gasteiger partial charge is 0.272 e. The minimum absolute atomic E-state index is 0.0759. The van der Waals surface area contributed by atoms with Crippen LogP contribution in [0.2, 0.25) is 5.02 Å². The summed E-state index contributed by atoms with van der Waals surface area (Å²) < 4.78 is 20.0.